The first-order valence-electron chi connectivity index (χ1n) is 6.69. The van der Waals surface area contributed by atoms with E-state index in [2.05, 4.69) is 4.98 Å². The van der Waals surface area contributed by atoms with Gasteiger partial charge in [0.2, 0.25) is 0 Å². The lowest BCUT2D eigenvalue weighted by Gasteiger charge is -2.40. The van der Waals surface area contributed by atoms with E-state index < -0.39 is 17.6 Å². The molecule has 0 spiro atoms. The molecular weight excluding hydrogens is 330 g/mol. The van der Waals surface area contributed by atoms with Crippen LogP contribution in [0.5, 0.6) is 5.75 Å². The second-order valence-electron chi connectivity index (χ2n) is 5.05. The summed E-state index contributed by atoms with van der Waals surface area (Å²) in [6.07, 6.45) is 1.10. The Balaban J connectivity index is 1.67. The minimum absolute atomic E-state index is 0.00350. The fraction of sp³-hybridized carbons (Fsp3) is 0.200. The highest BCUT2D eigenvalue weighted by atomic mass is 35.5. The summed E-state index contributed by atoms with van der Waals surface area (Å²) in [6.45, 7) is 0.766. The van der Waals surface area contributed by atoms with E-state index >= 15 is 0 Å². The molecule has 0 saturated carbocycles. The van der Waals surface area contributed by atoms with Gasteiger partial charge >= 0.3 is 5.97 Å². The fourth-order valence-corrected chi connectivity index (χ4v) is 2.43. The number of nitrogens with zero attached hydrogens (tertiary/aromatic N) is 2. The molecule has 23 heavy (non-hydrogen) atoms. The van der Waals surface area contributed by atoms with E-state index in [1.807, 2.05) is 0 Å². The number of aromatic nitrogens is 1. The highest BCUT2D eigenvalue weighted by Gasteiger charge is 2.32. The molecule has 1 aliphatic rings. The number of rotatable bonds is 4. The lowest BCUT2D eigenvalue weighted by atomic mass is 10.1. The first kappa shape index (κ1) is 15.5. The van der Waals surface area contributed by atoms with Gasteiger partial charge in [-0.15, -0.1) is 0 Å². The average molecular weight is 341 g/mol. The summed E-state index contributed by atoms with van der Waals surface area (Å²) in [5, 5.41) is 9.42. The molecule has 1 saturated heterocycles. The molecule has 5 nitrogen and oxygen atoms in total. The zero-order valence-corrected chi connectivity index (χ0v) is 12.4. The first-order valence-corrected chi connectivity index (χ1v) is 7.07. The molecule has 1 aromatic carbocycles. The van der Waals surface area contributed by atoms with Crippen molar-refractivity contribution in [3.8, 4) is 5.75 Å². The Kier molecular flexibility index (Phi) is 4.04. The molecule has 120 valence electrons. The van der Waals surface area contributed by atoms with Crippen LogP contribution in [0.2, 0.25) is 5.02 Å². The van der Waals surface area contributed by atoms with Crippen LogP contribution in [0.25, 0.3) is 0 Å². The Morgan fingerprint density at radius 3 is 2.70 bits per heavy atom. The summed E-state index contributed by atoms with van der Waals surface area (Å²) in [6, 6.07) is 4.63. The molecule has 1 aromatic heterocycles. The second kappa shape index (κ2) is 6.00. The summed E-state index contributed by atoms with van der Waals surface area (Å²) < 4.78 is 31.5. The van der Waals surface area contributed by atoms with Crippen LogP contribution < -0.4 is 9.64 Å². The molecule has 1 aliphatic heterocycles. The fourth-order valence-electron chi connectivity index (χ4n) is 2.27. The molecule has 0 unspecified atom stereocenters. The van der Waals surface area contributed by atoms with E-state index in [0.29, 0.717) is 18.9 Å². The van der Waals surface area contributed by atoms with Gasteiger partial charge in [-0.3, -0.25) is 0 Å². The Hall–Kier alpha value is -2.41. The van der Waals surface area contributed by atoms with Crippen LogP contribution in [0.4, 0.5) is 14.6 Å². The smallest absolute Gasteiger partial charge is 0.339 e. The SMILES string of the molecule is O=C(O)c1cc(Cl)cnc1N1CC(Oc2ccc(F)c(F)c2)C1. The Morgan fingerprint density at radius 1 is 1.30 bits per heavy atom. The van der Waals surface area contributed by atoms with Crippen molar-refractivity contribution >= 4 is 23.4 Å². The monoisotopic (exact) mass is 340 g/mol. The topological polar surface area (TPSA) is 62.7 Å². The summed E-state index contributed by atoms with van der Waals surface area (Å²) in [4.78, 5) is 17.0. The first-order chi connectivity index (χ1) is 10.9. The maximum Gasteiger partial charge on any atom is 0.339 e. The summed E-state index contributed by atoms with van der Waals surface area (Å²) in [7, 11) is 0. The Bertz CT molecular complexity index is 766. The van der Waals surface area contributed by atoms with E-state index in [-0.39, 0.29) is 22.4 Å². The molecule has 2 aromatic rings. The highest BCUT2D eigenvalue weighted by molar-refractivity contribution is 6.30. The van der Waals surface area contributed by atoms with Crippen molar-refractivity contribution < 1.29 is 23.4 Å². The number of halogens is 3. The van der Waals surface area contributed by atoms with Gasteiger partial charge in [0, 0.05) is 12.3 Å². The molecule has 0 aliphatic carbocycles. The zero-order chi connectivity index (χ0) is 16.6. The van der Waals surface area contributed by atoms with Gasteiger partial charge in [0.15, 0.2) is 11.6 Å². The Morgan fingerprint density at radius 2 is 2.04 bits per heavy atom. The Labute approximate surface area is 135 Å². The number of carboxylic acids is 1. The van der Waals surface area contributed by atoms with Gasteiger partial charge in [-0.05, 0) is 18.2 Å². The van der Waals surface area contributed by atoms with Gasteiger partial charge in [-0.1, -0.05) is 11.6 Å². The third kappa shape index (κ3) is 3.19. The maximum absolute atomic E-state index is 13.1. The van der Waals surface area contributed by atoms with Gasteiger partial charge in [-0.2, -0.15) is 0 Å². The standard InChI is InChI=1S/C15H11ClF2N2O3/c16-8-3-11(15(21)22)14(19-5-8)20-6-10(7-20)23-9-1-2-12(17)13(18)4-9/h1-5,10H,6-7H2,(H,21,22). The lowest BCUT2D eigenvalue weighted by molar-refractivity contribution is 0.0695. The average Bonchev–Trinajstić information content (AvgIpc) is 2.46. The molecule has 8 heteroatoms. The van der Waals surface area contributed by atoms with E-state index in [4.69, 9.17) is 16.3 Å². The number of anilines is 1. The molecule has 0 atom stereocenters. The van der Waals surface area contributed by atoms with Crippen molar-refractivity contribution in [2.45, 2.75) is 6.10 Å². The van der Waals surface area contributed by atoms with Crippen LogP contribution >= 0.6 is 11.6 Å². The molecular formula is C15H11ClF2N2O3. The molecule has 3 rings (SSSR count). The third-order valence-corrected chi connectivity index (χ3v) is 3.61. The van der Waals surface area contributed by atoms with Crippen molar-refractivity contribution in [2.24, 2.45) is 0 Å². The zero-order valence-electron chi connectivity index (χ0n) is 11.7. The normalized spacial score (nSPS) is 14.5. The molecule has 2 heterocycles. The predicted molar refractivity (Wildman–Crippen MR) is 79.2 cm³/mol. The maximum atomic E-state index is 13.1. The van der Waals surface area contributed by atoms with Crippen molar-refractivity contribution in [2.75, 3.05) is 18.0 Å². The van der Waals surface area contributed by atoms with E-state index in [0.717, 1.165) is 12.1 Å². The largest absolute Gasteiger partial charge is 0.487 e. The number of ether oxygens (including phenoxy) is 1. The van der Waals surface area contributed by atoms with Gasteiger partial charge in [0.1, 0.15) is 23.2 Å². The number of pyridine rings is 1. The predicted octanol–water partition coefficient (Wildman–Crippen LogP) is 2.98. The number of carbonyl (C=O) groups is 1. The lowest BCUT2D eigenvalue weighted by Crippen LogP contribution is -2.54. The molecule has 1 fully saturated rings. The van der Waals surface area contributed by atoms with Crippen molar-refractivity contribution in [1.82, 2.24) is 4.98 Å². The van der Waals surface area contributed by atoms with Crippen LogP contribution in [0.1, 0.15) is 10.4 Å². The summed E-state index contributed by atoms with van der Waals surface area (Å²) in [5.74, 6) is -2.53. The molecule has 0 radical (unpaired) electrons. The van der Waals surface area contributed by atoms with Crippen molar-refractivity contribution in [3.63, 3.8) is 0 Å². The molecule has 0 bridgehead atoms. The van der Waals surface area contributed by atoms with Crippen LogP contribution in [-0.2, 0) is 0 Å². The van der Waals surface area contributed by atoms with Gasteiger partial charge < -0.3 is 14.7 Å². The molecule has 0 amide bonds. The summed E-state index contributed by atoms with van der Waals surface area (Å²) >= 11 is 5.76. The number of benzene rings is 1. The van der Waals surface area contributed by atoms with Crippen molar-refractivity contribution in [1.29, 1.82) is 0 Å². The highest BCUT2D eigenvalue weighted by Crippen LogP contribution is 2.27. The third-order valence-electron chi connectivity index (χ3n) is 3.41. The number of aromatic carboxylic acids is 1. The summed E-state index contributed by atoms with van der Waals surface area (Å²) in [5.41, 5.74) is 0.00350. The van der Waals surface area contributed by atoms with E-state index in [1.54, 1.807) is 4.90 Å². The van der Waals surface area contributed by atoms with E-state index in [1.165, 1.54) is 18.3 Å². The second-order valence-corrected chi connectivity index (χ2v) is 5.49. The van der Waals surface area contributed by atoms with Crippen LogP contribution in [0.15, 0.2) is 30.5 Å². The van der Waals surface area contributed by atoms with Crippen LogP contribution in [0, 0.1) is 11.6 Å². The van der Waals surface area contributed by atoms with Gasteiger partial charge in [0.25, 0.3) is 0 Å². The van der Waals surface area contributed by atoms with Crippen molar-refractivity contribution in [3.05, 3.63) is 52.7 Å². The number of carboxylic acid groups (broad SMARTS) is 1. The van der Waals surface area contributed by atoms with Gasteiger partial charge in [0.05, 0.1) is 18.1 Å². The number of hydrogen-bond donors (Lipinski definition) is 1. The number of hydrogen-bond acceptors (Lipinski definition) is 4. The van der Waals surface area contributed by atoms with Gasteiger partial charge in [-0.25, -0.2) is 18.6 Å². The van der Waals surface area contributed by atoms with E-state index in [9.17, 15) is 18.7 Å². The quantitative estimate of drug-likeness (QED) is 0.927. The van der Waals surface area contributed by atoms with Crippen LogP contribution in [-0.4, -0.2) is 35.3 Å². The minimum atomic E-state index is -1.13. The molecule has 1 N–H and O–H groups in total. The minimum Gasteiger partial charge on any atom is -0.487 e. The van der Waals surface area contributed by atoms with Crippen LogP contribution in [0.3, 0.4) is 0 Å².